The minimum absolute atomic E-state index is 0.245. The summed E-state index contributed by atoms with van der Waals surface area (Å²) in [4.78, 5) is 11.4. The zero-order valence-corrected chi connectivity index (χ0v) is 12.5. The van der Waals surface area contributed by atoms with Crippen molar-refractivity contribution in [2.24, 2.45) is 0 Å². The van der Waals surface area contributed by atoms with Crippen molar-refractivity contribution in [1.82, 2.24) is 4.90 Å². The summed E-state index contributed by atoms with van der Waals surface area (Å²) in [5, 5.41) is 1.72. The first-order chi connectivity index (χ1) is 9.17. The number of carbonyl (C=O) groups is 1. The van der Waals surface area contributed by atoms with Crippen LogP contribution in [-0.4, -0.2) is 34.1 Å². The molecule has 1 saturated heterocycles. The van der Waals surface area contributed by atoms with Crippen molar-refractivity contribution in [3.63, 3.8) is 0 Å². The van der Waals surface area contributed by atoms with Gasteiger partial charge in [0.2, 0.25) is 5.72 Å². The standard InChI is InChI=1S/C11H10Cl2F3NO2S/c1-10(11(14,15)16)17(9(18)8(12)13)5-6(19-10)7-3-2-4-20-7/h2-4,6,8H,5H2,1H3/t6-,10+/m0/s1. The van der Waals surface area contributed by atoms with Gasteiger partial charge in [0.15, 0.2) is 4.84 Å². The average Bonchev–Trinajstić information content (AvgIpc) is 2.94. The molecule has 1 aromatic heterocycles. The lowest BCUT2D eigenvalue weighted by Crippen LogP contribution is -2.57. The molecule has 112 valence electrons. The van der Waals surface area contributed by atoms with Crippen LogP contribution < -0.4 is 0 Å². The number of halogens is 5. The predicted molar refractivity (Wildman–Crippen MR) is 69.8 cm³/mol. The summed E-state index contributed by atoms with van der Waals surface area (Å²) in [5.74, 6) is -1.02. The van der Waals surface area contributed by atoms with Gasteiger partial charge in [-0.1, -0.05) is 29.3 Å². The highest BCUT2D eigenvalue weighted by atomic mass is 35.5. The maximum Gasteiger partial charge on any atom is 0.436 e. The van der Waals surface area contributed by atoms with E-state index in [1.165, 1.54) is 11.3 Å². The summed E-state index contributed by atoms with van der Waals surface area (Å²) in [5.41, 5.74) is -2.74. The average molecular weight is 348 g/mol. The Morgan fingerprint density at radius 1 is 1.60 bits per heavy atom. The zero-order chi connectivity index (χ0) is 15.1. The highest BCUT2D eigenvalue weighted by Gasteiger charge is 2.63. The van der Waals surface area contributed by atoms with E-state index in [-0.39, 0.29) is 6.54 Å². The van der Waals surface area contributed by atoms with Crippen molar-refractivity contribution in [2.75, 3.05) is 6.54 Å². The van der Waals surface area contributed by atoms with Gasteiger partial charge < -0.3 is 9.64 Å². The summed E-state index contributed by atoms with van der Waals surface area (Å²) >= 11 is 12.1. The second kappa shape index (κ2) is 5.36. The number of carbonyl (C=O) groups excluding carboxylic acids is 1. The number of amides is 1. The summed E-state index contributed by atoms with van der Waals surface area (Å²) in [6, 6.07) is 3.35. The normalized spacial score (nSPS) is 27.4. The van der Waals surface area contributed by atoms with Crippen LogP contribution >= 0.6 is 34.5 Å². The van der Waals surface area contributed by atoms with Gasteiger partial charge in [-0.3, -0.25) is 4.79 Å². The van der Waals surface area contributed by atoms with Gasteiger partial charge in [0.1, 0.15) is 6.10 Å². The Morgan fingerprint density at radius 2 is 2.25 bits per heavy atom. The van der Waals surface area contributed by atoms with Gasteiger partial charge in [0.25, 0.3) is 5.91 Å². The fourth-order valence-electron chi connectivity index (χ4n) is 1.98. The van der Waals surface area contributed by atoms with Crippen molar-refractivity contribution in [3.05, 3.63) is 22.4 Å². The third-order valence-corrected chi connectivity index (χ3v) is 4.41. The Labute approximate surface area is 127 Å². The van der Waals surface area contributed by atoms with Crippen LogP contribution in [0.4, 0.5) is 13.2 Å². The van der Waals surface area contributed by atoms with Gasteiger partial charge in [-0.2, -0.15) is 13.2 Å². The van der Waals surface area contributed by atoms with E-state index in [0.29, 0.717) is 9.78 Å². The van der Waals surface area contributed by atoms with Crippen molar-refractivity contribution < 1.29 is 22.7 Å². The topological polar surface area (TPSA) is 29.5 Å². The summed E-state index contributed by atoms with van der Waals surface area (Å²) in [6.45, 7) is 0.556. The molecule has 0 saturated carbocycles. The Balaban J connectivity index is 2.35. The first kappa shape index (κ1) is 15.9. The Morgan fingerprint density at radius 3 is 2.70 bits per heavy atom. The fourth-order valence-corrected chi connectivity index (χ4v) is 2.96. The van der Waals surface area contributed by atoms with Gasteiger partial charge in [-0.15, -0.1) is 11.3 Å². The number of rotatable bonds is 2. The molecule has 1 amide bonds. The van der Waals surface area contributed by atoms with Gasteiger partial charge in [-0.05, 0) is 18.4 Å². The summed E-state index contributed by atoms with van der Waals surface area (Å²) in [6.07, 6.45) is -5.60. The van der Waals surface area contributed by atoms with Crippen LogP contribution in [0, 0.1) is 0 Å². The molecule has 0 aliphatic carbocycles. The summed E-state index contributed by atoms with van der Waals surface area (Å²) < 4.78 is 44.8. The number of thiophene rings is 1. The number of ether oxygens (including phenoxy) is 1. The molecule has 3 nitrogen and oxygen atoms in total. The molecule has 0 bridgehead atoms. The molecule has 1 aromatic rings. The molecule has 0 spiro atoms. The predicted octanol–water partition coefficient (Wildman–Crippen LogP) is 3.73. The quantitative estimate of drug-likeness (QED) is 0.763. The molecule has 1 aliphatic rings. The van der Waals surface area contributed by atoms with Crippen LogP contribution in [0.2, 0.25) is 0 Å². The molecule has 0 unspecified atom stereocenters. The molecule has 2 rings (SSSR count). The second-order valence-corrected chi connectivity index (χ2v) is 6.43. The lowest BCUT2D eigenvalue weighted by Gasteiger charge is -2.35. The molecule has 0 N–H and O–H groups in total. The highest BCUT2D eigenvalue weighted by Crippen LogP contribution is 2.46. The third kappa shape index (κ3) is 2.64. The van der Waals surface area contributed by atoms with E-state index >= 15 is 0 Å². The molecule has 2 heterocycles. The molecule has 2 atom stereocenters. The molecule has 0 radical (unpaired) electrons. The number of nitrogens with zero attached hydrogens (tertiary/aromatic N) is 1. The Kier molecular flexibility index (Phi) is 4.26. The first-order valence-electron chi connectivity index (χ1n) is 5.54. The van der Waals surface area contributed by atoms with Gasteiger partial charge >= 0.3 is 6.18 Å². The monoisotopic (exact) mass is 347 g/mol. The van der Waals surface area contributed by atoms with E-state index in [9.17, 15) is 18.0 Å². The van der Waals surface area contributed by atoms with Crippen molar-refractivity contribution in [1.29, 1.82) is 0 Å². The summed E-state index contributed by atoms with van der Waals surface area (Å²) in [7, 11) is 0. The van der Waals surface area contributed by atoms with Gasteiger partial charge in [0, 0.05) is 4.88 Å². The van der Waals surface area contributed by atoms with Crippen LogP contribution in [0.3, 0.4) is 0 Å². The smallest absolute Gasteiger partial charge is 0.337 e. The Bertz CT molecular complexity index is 494. The third-order valence-electron chi connectivity index (χ3n) is 3.07. The molecular formula is C11H10Cl2F3NO2S. The molecular weight excluding hydrogens is 338 g/mol. The SMILES string of the molecule is C[C@]1(C(F)(F)F)O[C@H](c2cccs2)CN1C(=O)C(Cl)Cl. The zero-order valence-electron chi connectivity index (χ0n) is 10.2. The second-order valence-electron chi connectivity index (χ2n) is 4.35. The van der Waals surface area contributed by atoms with Crippen LogP contribution in [0.25, 0.3) is 0 Å². The first-order valence-corrected chi connectivity index (χ1v) is 7.29. The van der Waals surface area contributed by atoms with Crippen LogP contribution in [0.15, 0.2) is 17.5 Å². The van der Waals surface area contributed by atoms with Crippen molar-refractivity contribution >= 4 is 40.4 Å². The maximum absolute atomic E-state index is 13.2. The number of alkyl halides is 5. The van der Waals surface area contributed by atoms with E-state index in [2.05, 4.69) is 0 Å². The van der Waals surface area contributed by atoms with Crippen LogP contribution in [-0.2, 0) is 9.53 Å². The molecule has 9 heteroatoms. The van der Waals surface area contributed by atoms with E-state index in [0.717, 1.165) is 6.92 Å². The highest BCUT2D eigenvalue weighted by molar-refractivity contribution is 7.10. The van der Waals surface area contributed by atoms with Crippen LogP contribution in [0.5, 0.6) is 0 Å². The maximum atomic E-state index is 13.2. The van der Waals surface area contributed by atoms with Gasteiger partial charge in [0.05, 0.1) is 6.54 Å². The lowest BCUT2D eigenvalue weighted by atomic mass is 10.2. The number of hydrogen-bond donors (Lipinski definition) is 0. The largest absolute Gasteiger partial charge is 0.436 e. The lowest BCUT2D eigenvalue weighted by molar-refractivity contribution is -0.298. The van der Waals surface area contributed by atoms with Crippen molar-refractivity contribution in [2.45, 2.75) is 29.8 Å². The van der Waals surface area contributed by atoms with Crippen molar-refractivity contribution in [3.8, 4) is 0 Å². The Hall–Kier alpha value is -0.500. The molecule has 1 aliphatic heterocycles. The molecule has 20 heavy (non-hydrogen) atoms. The van der Waals surface area contributed by atoms with E-state index in [4.69, 9.17) is 27.9 Å². The minimum Gasteiger partial charge on any atom is -0.337 e. The number of hydrogen-bond acceptors (Lipinski definition) is 3. The minimum atomic E-state index is -4.75. The van der Waals surface area contributed by atoms with Gasteiger partial charge in [-0.25, -0.2) is 0 Å². The fraction of sp³-hybridized carbons (Fsp3) is 0.545. The molecule has 0 aromatic carbocycles. The van der Waals surface area contributed by atoms with E-state index in [1.54, 1.807) is 17.5 Å². The van der Waals surface area contributed by atoms with Crippen LogP contribution in [0.1, 0.15) is 17.9 Å². The molecule has 1 fully saturated rings. The van der Waals surface area contributed by atoms with E-state index in [1.807, 2.05) is 0 Å². The van der Waals surface area contributed by atoms with E-state index < -0.39 is 28.7 Å².